The summed E-state index contributed by atoms with van der Waals surface area (Å²) in [6.07, 6.45) is -3.01. The van der Waals surface area contributed by atoms with Crippen molar-refractivity contribution in [2.75, 3.05) is 36.4 Å². The lowest BCUT2D eigenvalue weighted by molar-refractivity contribution is -0.389. The zero-order valence-corrected chi connectivity index (χ0v) is 14.5. The van der Waals surface area contributed by atoms with Crippen molar-refractivity contribution < 1.29 is 22.9 Å². The molecule has 1 aliphatic heterocycles. The van der Waals surface area contributed by atoms with E-state index in [9.17, 15) is 28.1 Å². The first-order chi connectivity index (χ1) is 13.2. The second-order valence-corrected chi connectivity index (χ2v) is 6.11. The number of pyridine rings is 1. The lowest BCUT2D eigenvalue weighted by atomic mass is 10.2. The van der Waals surface area contributed by atoms with Crippen LogP contribution >= 0.6 is 0 Å². The third-order valence-corrected chi connectivity index (χ3v) is 4.31. The minimum Gasteiger partial charge on any atom is -0.365 e. The maximum atomic E-state index is 12.6. The summed E-state index contributed by atoms with van der Waals surface area (Å²) in [4.78, 5) is 29.6. The second kappa shape index (κ2) is 7.71. The Hall–Kier alpha value is -3.37. The average molecular weight is 395 g/mol. The van der Waals surface area contributed by atoms with E-state index >= 15 is 0 Å². The number of halogens is 3. The lowest BCUT2D eigenvalue weighted by Gasteiger charge is -2.35. The first-order valence-electron chi connectivity index (χ1n) is 8.32. The van der Waals surface area contributed by atoms with Gasteiger partial charge in [-0.1, -0.05) is 0 Å². The van der Waals surface area contributed by atoms with Crippen LogP contribution in [0.4, 0.5) is 35.2 Å². The highest BCUT2D eigenvalue weighted by Gasteiger charge is 2.30. The van der Waals surface area contributed by atoms with Gasteiger partial charge in [0.2, 0.25) is 0 Å². The summed E-state index contributed by atoms with van der Waals surface area (Å²) in [6.45, 7) is 1.78. The van der Waals surface area contributed by atoms with Gasteiger partial charge in [0.15, 0.2) is 6.20 Å². The van der Waals surface area contributed by atoms with Gasteiger partial charge in [-0.25, -0.2) is 4.79 Å². The number of carbonyl (C=O) groups is 1. The highest BCUT2D eigenvalue weighted by molar-refractivity contribution is 5.89. The van der Waals surface area contributed by atoms with Gasteiger partial charge in [0.25, 0.3) is 0 Å². The fourth-order valence-electron chi connectivity index (χ4n) is 2.79. The fourth-order valence-corrected chi connectivity index (χ4v) is 2.79. The molecular formula is C17H16F3N5O3. The first kappa shape index (κ1) is 19.4. The Balaban J connectivity index is 1.54. The van der Waals surface area contributed by atoms with Crippen molar-refractivity contribution in [2.45, 2.75) is 6.18 Å². The van der Waals surface area contributed by atoms with Gasteiger partial charge < -0.3 is 25.2 Å². The smallest absolute Gasteiger partial charge is 0.365 e. The third-order valence-electron chi connectivity index (χ3n) is 4.31. The summed E-state index contributed by atoms with van der Waals surface area (Å²) in [5, 5.41) is 13.2. The molecule has 148 valence electrons. The van der Waals surface area contributed by atoms with Crippen LogP contribution in [-0.2, 0) is 6.18 Å². The molecule has 3 rings (SSSR count). The molecule has 0 bridgehead atoms. The highest BCUT2D eigenvalue weighted by atomic mass is 19.4. The SMILES string of the molecule is O=C(Nc1ccc(C(F)(F)F)cc1)N1CCN(c2ccc([N+](=O)[O-])nc2)CC1. The van der Waals surface area contributed by atoms with Crippen molar-refractivity contribution >= 4 is 23.2 Å². The van der Waals surface area contributed by atoms with Crippen LogP contribution in [0.1, 0.15) is 5.56 Å². The van der Waals surface area contributed by atoms with Crippen molar-refractivity contribution in [3.63, 3.8) is 0 Å². The van der Waals surface area contributed by atoms with E-state index < -0.39 is 22.7 Å². The van der Waals surface area contributed by atoms with Crippen LogP contribution in [0, 0.1) is 10.1 Å². The lowest BCUT2D eigenvalue weighted by Crippen LogP contribution is -2.50. The molecule has 11 heteroatoms. The molecule has 1 fully saturated rings. The molecule has 0 spiro atoms. The largest absolute Gasteiger partial charge is 0.416 e. The number of rotatable bonds is 3. The molecule has 0 aliphatic carbocycles. The molecule has 1 aromatic heterocycles. The number of amides is 2. The average Bonchev–Trinajstić information content (AvgIpc) is 2.68. The summed E-state index contributed by atoms with van der Waals surface area (Å²) in [5.41, 5.74) is 0.212. The van der Waals surface area contributed by atoms with Crippen molar-refractivity contribution in [3.8, 4) is 0 Å². The molecule has 1 N–H and O–H groups in total. The van der Waals surface area contributed by atoms with Crippen LogP contribution in [0.3, 0.4) is 0 Å². The molecule has 2 aromatic rings. The quantitative estimate of drug-likeness (QED) is 0.636. The Bertz CT molecular complexity index is 848. The molecule has 2 heterocycles. The molecule has 1 aromatic carbocycles. The Kier molecular flexibility index (Phi) is 5.34. The van der Waals surface area contributed by atoms with Gasteiger partial charge in [-0.3, -0.25) is 0 Å². The molecule has 0 atom stereocenters. The highest BCUT2D eigenvalue weighted by Crippen LogP contribution is 2.29. The van der Waals surface area contributed by atoms with Gasteiger partial charge in [0.05, 0.1) is 11.3 Å². The second-order valence-electron chi connectivity index (χ2n) is 6.11. The van der Waals surface area contributed by atoms with E-state index in [4.69, 9.17) is 0 Å². The number of urea groups is 1. The zero-order valence-electron chi connectivity index (χ0n) is 14.5. The van der Waals surface area contributed by atoms with Crippen molar-refractivity contribution in [1.82, 2.24) is 9.88 Å². The van der Waals surface area contributed by atoms with Gasteiger partial charge in [-0.2, -0.15) is 13.2 Å². The van der Waals surface area contributed by atoms with Crippen LogP contribution in [0.2, 0.25) is 0 Å². The zero-order chi connectivity index (χ0) is 20.3. The number of piperazine rings is 1. The number of benzene rings is 1. The molecule has 0 radical (unpaired) electrons. The topological polar surface area (TPSA) is 91.6 Å². The summed E-state index contributed by atoms with van der Waals surface area (Å²) in [5.74, 6) is -0.238. The fraction of sp³-hybridized carbons (Fsp3) is 0.294. The molecule has 1 saturated heterocycles. The van der Waals surface area contributed by atoms with E-state index in [1.165, 1.54) is 24.4 Å². The number of hydrogen-bond donors (Lipinski definition) is 1. The summed E-state index contributed by atoms with van der Waals surface area (Å²) >= 11 is 0. The molecule has 8 nitrogen and oxygen atoms in total. The minimum absolute atomic E-state index is 0.238. The standard InChI is InChI=1S/C17H16F3N5O3/c18-17(19,20)12-1-3-13(4-2-12)22-16(26)24-9-7-23(8-10-24)14-5-6-15(21-11-14)25(27)28/h1-6,11H,7-10H2,(H,22,26). The predicted molar refractivity (Wildman–Crippen MR) is 95.1 cm³/mol. The molecule has 0 unspecified atom stereocenters. The van der Waals surface area contributed by atoms with Crippen molar-refractivity contribution in [2.24, 2.45) is 0 Å². The van der Waals surface area contributed by atoms with E-state index in [-0.39, 0.29) is 11.5 Å². The number of alkyl halides is 3. The molecular weight excluding hydrogens is 379 g/mol. The molecule has 0 saturated carbocycles. The van der Waals surface area contributed by atoms with Crippen molar-refractivity contribution in [3.05, 3.63) is 58.3 Å². The normalized spacial score (nSPS) is 14.7. The summed E-state index contributed by atoms with van der Waals surface area (Å²) in [7, 11) is 0. The third kappa shape index (κ3) is 4.48. The molecule has 1 aliphatic rings. The van der Waals surface area contributed by atoms with Crippen LogP contribution < -0.4 is 10.2 Å². The number of nitrogens with one attached hydrogen (secondary N) is 1. The van der Waals surface area contributed by atoms with Crippen molar-refractivity contribution in [1.29, 1.82) is 0 Å². The minimum atomic E-state index is -4.43. The Labute approximate surface area is 157 Å². The van der Waals surface area contributed by atoms with E-state index in [0.29, 0.717) is 31.9 Å². The molecule has 2 amide bonds. The van der Waals surface area contributed by atoms with Gasteiger partial charge >= 0.3 is 18.0 Å². The number of aromatic nitrogens is 1. The monoisotopic (exact) mass is 395 g/mol. The van der Waals surface area contributed by atoms with Gasteiger partial charge in [0.1, 0.15) is 0 Å². The first-order valence-corrected chi connectivity index (χ1v) is 8.32. The van der Waals surface area contributed by atoms with E-state index in [0.717, 1.165) is 12.1 Å². The Morgan fingerprint density at radius 1 is 1.07 bits per heavy atom. The Morgan fingerprint density at radius 2 is 1.71 bits per heavy atom. The maximum Gasteiger partial charge on any atom is 0.416 e. The Morgan fingerprint density at radius 3 is 2.21 bits per heavy atom. The number of anilines is 2. The predicted octanol–water partition coefficient (Wildman–Crippen LogP) is 3.36. The van der Waals surface area contributed by atoms with Gasteiger partial charge in [-0.05, 0) is 40.2 Å². The van der Waals surface area contributed by atoms with E-state index in [1.807, 2.05) is 4.90 Å². The van der Waals surface area contributed by atoms with Crippen LogP contribution in [0.5, 0.6) is 0 Å². The maximum absolute atomic E-state index is 12.6. The van der Waals surface area contributed by atoms with Crippen LogP contribution in [-0.4, -0.2) is 47.0 Å². The summed E-state index contributed by atoms with van der Waals surface area (Å²) in [6, 6.07) is 6.76. The number of nitro groups is 1. The van der Waals surface area contributed by atoms with Crippen LogP contribution in [0.15, 0.2) is 42.6 Å². The number of hydrogen-bond acceptors (Lipinski definition) is 5. The molecule has 28 heavy (non-hydrogen) atoms. The summed E-state index contributed by atoms with van der Waals surface area (Å²) < 4.78 is 37.7. The van der Waals surface area contributed by atoms with Crippen LogP contribution in [0.25, 0.3) is 0 Å². The van der Waals surface area contributed by atoms with E-state index in [1.54, 1.807) is 11.0 Å². The van der Waals surface area contributed by atoms with Gasteiger partial charge in [-0.15, -0.1) is 0 Å². The number of nitrogens with zero attached hydrogens (tertiary/aromatic N) is 4. The van der Waals surface area contributed by atoms with Gasteiger partial charge in [0, 0.05) is 37.9 Å². The van der Waals surface area contributed by atoms with E-state index in [2.05, 4.69) is 10.3 Å². The number of carbonyl (C=O) groups excluding carboxylic acids is 1.